The first-order valence-electron chi connectivity index (χ1n) is 8.21. The fraction of sp³-hybridized carbons (Fsp3) is 0.556. The third-order valence-corrected chi connectivity index (χ3v) is 3.80. The van der Waals surface area contributed by atoms with E-state index in [1.165, 1.54) is 7.11 Å². The van der Waals surface area contributed by atoms with Gasteiger partial charge in [0.05, 0.1) is 12.7 Å². The van der Waals surface area contributed by atoms with E-state index in [9.17, 15) is 9.59 Å². The quantitative estimate of drug-likeness (QED) is 0.778. The highest BCUT2D eigenvalue weighted by molar-refractivity contribution is 5.89. The van der Waals surface area contributed by atoms with Gasteiger partial charge in [-0.1, -0.05) is 0 Å². The van der Waals surface area contributed by atoms with Crippen LogP contribution in [-0.4, -0.2) is 55.9 Å². The maximum atomic E-state index is 12.2. The molecule has 1 aromatic rings. The minimum Gasteiger partial charge on any atom is -0.465 e. The maximum Gasteiger partial charge on any atom is 0.410 e. The zero-order valence-corrected chi connectivity index (χ0v) is 14.9. The Morgan fingerprint density at radius 1 is 1.00 bits per heavy atom. The number of methoxy groups -OCH3 is 1. The monoisotopic (exact) mass is 334 g/mol. The molecule has 6 heteroatoms. The molecular formula is C18H26N2O4. The van der Waals surface area contributed by atoms with Crippen LogP contribution in [0.1, 0.15) is 37.6 Å². The Morgan fingerprint density at radius 3 is 2.25 bits per heavy atom. The van der Waals surface area contributed by atoms with E-state index >= 15 is 0 Å². The van der Waals surface area contributed by atoms with E-state index in [4.69, 9.17) is 9.47 Å². The van der Waals surface area contributed by atoms with Crippen LogP contribution in [0.4, 0.5) is 10.5 Å². The van der Waals surface area contributed by atoms with Crippen LogP contribution in [0, 0.1) is 0 Å². The summed E-state index contributed by atoms with van der Waals surface area (Å²) in [4.78, 5) is 27.7. The highest BCUT2D eigenvalue weighted by Crippen LogP contribution is 2.19. The lowest BCUT2D eigenvalue weighted by molar-refractivity contribution is 0.0263. The summed E-state index contributed by atoms with van der Waals surface area (Å²) in [5.41, 5.74) is 1.09. The van der Waals surface area contributed by atoms with Crippen molar-refractivity contribution in [2.24, 2.45) is 0 Å². The first-order valence-corrected chi connectivity index (χ1v) is 8.21. The van der Waals surface area contributed by atoms with E-state index in [-0.39, 0.29) is 12.1 Å². The third kappa shape index (κ3) is 4.88. The molecule has 1 amide bonds. The highest BCUT2D eigenvalue weighted by atomic mass is 16.6. The van der Waals surface area contributed by atoms with Gasteiger partial charge in [-0.3, -0.25) is 0 Å². The van der Waals surface area contributed by atoms with E-state index in [1.54, 1.807) is 17.0 Å². The van der Waals surface area contributed by atoms with E-state index in [2.05, 4.69) is 4.90 Å². The molecule has 1 fully saturated rings. The topological polar surface area (TPSA) is 59.1 Å². The molecule has 1 aliphatic heterocycles. The first-order chi connectivity index (χ1) is 11.3. The van der Waals surface area contributed by atoms with Gasteiger partial charge in [0, 0.05) is 31.9 Å². The van der Waals surface area contributed by atoms with Gasteiger partial charge in [-0.05, 0) is 51.5 Å². The number of carbonyl (C=O) groups excluding carboxylic acids is 2. The van der Waals surface area contributed by atoms with Crippen molar-refractivity contribution >= 4 is 17.7 Å². The van der Waals surface area contributed by atoms with Gasteiger partial charge in [-0.25, -0.2) is 9.59 Å². The Hall–Kier alpha value is -2.24. The molecular weight excluding hydrogens is 308 g/mol. The summed E-state index contributed by atoms with van der Waals surface area (Å²) in [6.07, 6.45) is 0.614. The van der Waals surface area contributed by atoms with E-state index in [0.717, 1.165) is 25.2 Å². The second kappa shape index (κ2) is 7.55. The normalized spacial score (nSPS) is 15.7. The van der Waals surface area contributed by atoms with Crippen molar-refractivity contribution in [1.29, 1.82) is 0 Å². The van der Waals surface area contributed by atoms with Crippen LogP contribution >= 0.6 is 0 Å². The molecule has 1 heterocycles. The number of esters is 1. The predicted octanol–water partition coefficient (Wildman–Crippen LogP) is 2.92. The second-order valence-corrected chi connectivity index (χ2v) is 6.85. The molecule has 2 rings (SSSR count). The number of hydrogen-bond donors (Lipinski definition) is 0. The van der Waals surface area contributed by atoms with Gasteiger partial charge in [0.2, 0.25) is 0 Å². The van der Waals surface area contributed by atoms with Crippen LogP contribution in [0.3, 0.4) is 0 Å². The largest absolute Gasteiger partial charge is 0.465 e. The minimum atomic E-state index is -0.479. The number of ether oxygens (including phenoxy) is 2. The molecule has 0 saturated carbocycles. The standard InChI is InChI=1S/C18H26N2O4/c1-18(2,3)24-17(22)20-11-5-10-19(12-13-20)15-8-6-14(7-9-15)16(21)23-4/h6-9H,5,10-13H2,1-4H3. The molecule has 0 spiro atoms. The van der Waals surface area contributed by atoms with Crippen LogP contribution in [0.5, 0.6) is 0 Å². The highest BCUT2D eigenvalue weighted by Gasteiger charge is 2.24. The molecule has 0 bridgehead atoms. The van der Waals surface area contributed by atoms with Crippen LogP contribution in [-0.2, 0) is 9.47 Å². The number of hydrogen-bond acceptors (Lipinski definition) is 5. The zero-order chi connectivity index (χ0) is 17.7. The van der Waals surface area contributed by atoms with Crippen LogP contribution in [0.2, 0.25) is 0 Å². The molecule has 0 radical (unpaired) electrons. The number of carbonyl (C=O) groups is 2. The van der Waals surface area contributed by atoms with Gasteiger partial charge in [0.15, 0.2) is 0 Å². The average molecular weight is 334 g/mol. The van der Waals surface area contributed by atoms with E-state index in [0.29, 0.717) is 18.7 Å². The average Bonchev–Trinajstić information content (AvgIpc) is 2.79. The Balaban J connectivity index is 1.98. The Bertz CT molecular complexity index is 578. The summed E-state index contributed by atoms with van der Waals surface area (Å²) in [5, 5.41) is 0. The van der Waals surface area contributed by atoms with Crippen molar-refractivity contribution in [3.63, 3.8) is 0 Å². The lowest BCUT2D eigenvalue weighted by Crippen LogP contribution is -2.39. The zero-order valence-electron chi connectivity index (χ0n) is 14.9. The Morgan fingerprint density at radius 2 is 1.67 bits per heavy atom. The SMILES string of the molecule is COC(=O)c1ccc(N2CCCN(C(=O)OC(C)(C)C)CC2)cc1. The van der Waals surface area contributed by atoms with Crippen LogP contribution in [0.25, 0.3) is 0 Å². The van der Waals surface area contributed by atoms with Crippen molar-refractivity contribution in [3.05, 3.63) is 29.8 Å². The van der Waals surface area contributed by atoms with Gasteiger partial charge in [-0.15, -0.1) is 0 Å². The summed E-state index contributed by atoms with van der Waals surface area (Å²) in [6, 6.07) is 7.35. The van der Waals surface area contributed by atoms with Crippen molar-refractivity contribution in [3.8, 4) is 0 Å². The van der Waals surface area contributed by atoms with E-state index in [1.807, 2.05) is 32.9 Å². The summed E-state index contributed by atoms with van der Waals surface area (Å²) >= 11 is 0. The van der Waals surface area contributed by atoms with Gasteiger partial charge in [-0.2, -0.15) is 0 Å². The van der Waals surface area contributed by atoms with Crippen LogP contribution in [0.15, 0.2) is 24.3 Å². The van der Waals surface area contributed by atoms with Crippen LogP contribution < -0.4 is 4.90 Å². The summed E-state index contributed by atoms with van der Waals surface area (Å²) < 4.78 is 10.2. The summed E-state index contributed by atoms with van der Waals surface area (Å²) in [7, 11) is 1.37. The molecule has 24 heavy (non-hydrogen) atoms. The number of amides is 1. The molecule has 0 atom stereocenters. The predicted molar refractivity (Wildman–Crippen MR) is 92.4 cm³/mol. The molecule has 0 unspecified atom stereocenters. The molecule has 6 nitrogen and oxygen atoms in total. The Kier molecular flexibility index (Phi) is 5.70. The Labute approximate surface area is 143 Å². The fourth-order valence-corrected chi connectivity index (χ4v) is 2.61. The molecule has 0 aliphatic carbocycles. The number of rotatable bonds is 2. The van der Waals surface area contributed by atoms with Crippen molar-refractivity contribution in [1.82, 2.24) is 4.90 Å². The lowest BCUT2D eigenvalue weighted by Gasteiger charge is -2.27. The van der Waals surface area contributed by atoms with E-state index < -0.39 is 5.60 Å². The third-order valence-electron chi connectivity index (χ3n) is 3.80. The maximum absolute atomic E-state index is 12.2. The fourth-order valence-electron chi connectivity index (χ4n) is 2.61. The second-order valence-electron chi connectivity index (χ2n) is 6.85. The molecule has 0 aromatic heterocycles. The van der Waals surface area contributed by atoms with Gasteiger partial charge >= 0.3 is 12.1 Å². The number of nitrogens with zero attached hydrogens (tertiary/aromatic N) is 2. The van der Waals surface area contributed by atoms with Gasteiger partial charge in [0.1, 0.15) is 5.60 Å². The molecule has 1 aromatic carbocycles. The van der Waals surface area contributed by atoms with Gasteiger partial charge in [0.25, 0.3) is 0 Å². The summed E-state index contributed by atoms with van der Waals surface area (Å²) in [5.74, 6) is -0.339. The van der Waals surface area contributed by atoms with Crippen molar-refractivity contribution in [2.45, 2.75) is 32.8 Å². The smallest absolute Gasteiger partial charge is 0.410 e. The van der Waals surface area contributed by atoms with Crippen molar-refractivity contribution < 1.29 is 19.1 Å². The van der Waals surface area contributed by atoms with Crippen molar-refractivity contribution in [2.75, 3.05) is 38.2 Å². The molecule has 0 N–H and O–H groups in total. The lowest BCUT2D eigenvalue weighted by atomic mass is 10.2. The van der Waals surface area contributed by atoms with Gasteiger partial charge < -0.3 is 19.3 Å². The first kappa shape index (κ1) is 18.1. The minimum absolute atomic E-state index is 0.259. The molecule has 1 aliphatic rings. The molecule has 1 saturated heterocycles. The number of anilines is 1. The molecule has 132 valence electrons. The number of benzene rings is 1. The summed E-state index contributed by atoms with van der Waals surface area (Å²) in [6.45, 7) is 8.51.